The molecule has 0 aliphatic carbocycles. The van der Waals surface area contributed by atoms with Crippen LogP contribution in [0, 0.1) is 6.92 Å². The van der Waals surface area contributed by atoms with Crippen LogP contribution in [0.15, 0.2) is 35.6 Å². The average molecular weight is 302 g/mol. The third kappa shape index (κ3) is 1.85. The molecule has 114 valence electrons. The Balaban J connectivity index is 1.74. The number of aliphatic hydroxyl groups excluding tert-OH is 2. The number of rotatable bonds is 2. The van der Waals surface area contributed by atoms with Gasteiger partial charge in [-0.3, -0.25) is 0 Å². The molecule has 0 aromatic carbocycles. The third-order valence-corrected chi connectivity index (χ3v) is 3.95. The molecule has 0 radical (unpaired) electrons. The van der Waals surface area contributed by atoms with Crippen molar-refractivity contribution < 1.29 is 19.4 Å². The van der Waals surface area contributed by atoms with Crippen molar-refractivity contribution in [3.63, 3.8) is 0 Å². The fraction of sp³-hybridized carbons (Fsp3) is 0.357. The monoisotopic (exact) mass is 302 g/mol. The molecule has 1 aliphatic rings. The molecule has 2 N–H and O–H groups in total. The van der Waals surface area contributed by atoms with Crippen molar-refractivity contribution in [3.05, 3.63) is 42.6 Å². The summed E-state index contributed by atoms with van der Waals surface area (Å²) in [6.45, 7) is 1.88. The molecular weight excluding hydrogens is 288 g/mol. The van der Waals surface area contributed by atoms with Gasteiger partial charge in [0.25, 0.3) is 0 Å². The van der Waals surface area contributed by atoms with Gasteiger partial charge in [0, 0.05) is 11.6 Å². The molecule has 0 spiro atoms. The molecule has 22 heavy (non-hydrogen) atoms. The van der Waals surface area contributed by atoms with E-state index < -0.39 is 24.5 Å². The summed E-state index contributed by atoms with van der Waals surface area (Å²) in [7, 11) is 0. The zero-order valence-corrected chi connectivity index (χ0v) is 11.7. The number of aromatic nitrogens is 4. The molecule has 8 heteroatoms. The molecular formula is C14H14N4O4. The van der Waals surface area contributed by atoms with Crippen LogP contribution >= 0.6 is 0 Å². The minimum atomic E-state index is -1.11. The molecule has 3 aromatic heterocycles. The topological polar surface area (TPSA) is 106 Å². The van der Waals surface area contributed by atoms with Crippen molar-refractivity contribution in [1.29, 1.82) is 0 Å². The lowest BCUT2D eigenvalue weighted by Gasteiger charge is -2.17. The van der Waals surface area contributed by atoms with Crippen LogP contribution < -0.4 is 0 Å². The lowest BCUT2D eigenvalue weighted by Crippen LogP contribution is -2.28. The Kier molecular flexibility index (Phi) is 2.96. The Morgan fingerprint density at radius 1 is 1.23 bits per heavy atom. The molecule has 0 amide bonds. The van der Waals surface area contributed by atoms with E-state index in [-0.39, 0.29) is 0 Å². The van der Waals surface area contributed by atoms with Crippen LogP contribution in [0.2, 0.25) is 0 Å². The summed E-state index contributed by atoms with van der Waals surface area (Å²) in [5, 5.41) is 21.4. The third-order valence-electron chi connectivity index (χ3n) is 3.95. The normalized spacial score (nSPS) is 28.5. The van der Waals surface area contributed by atoms with Gasteiger partial charge in [-0.15, -0.1) is 0 Å². The molecule has 1 fully saturated rings. The fourth-order valence-corrected chi connectivity index (χ4v) is 2.79. The summed E-state index contributed by atoms with van der Waals surface area (Å²) in [4.78, 5) is 12.2. The van der Waals surface area contributed by atoms with Crippen LogP contribution in [0.1, 0.15) is 23.8 Å². The van der Waals surface area contributed by atoms with E-state index in [1.165, 1.54) is 18.9 Å². The lowest BCUT2D eigenvalue weighted by atomic mass is 10.1. The van der Waals surface area contributed by atoms with E-state index in [2.05, 4.69) is 15.0 Å². The first-order valence-corrected chi connectivity index (χ1v) is 6.85. The molecule has 4 heterocycles. The molecule has 1 aliphatic heterocycles. The number of nitrogens with zero attached hydrogens (tertiary/aromatic N) is 4. The van der Waals surface area contributed by atoms with Crippen molar-refractivity contribution in [3.8, 4) is 0 Å². The van der Waals surface area contributed by atoms with E-state index >= 15 is 0 Å². The summed E-state index contributed by atoms with van der Waals surface area (Å²) in [5.74, 6) is 0.372. The first kappa shape index (κ1) is 13.4. The second-order valence-electron chi connectivity index (χ2n) is 5.25. The molecule has 0 bridgehead atoms. The predicted octanol–water partition coefficient (Wildman–Crippen LogP) is 0.720. The van der Waals surface area contributed by atoms with Crippen LogP contribution in [0.5, 0.6) is 0 Å². The molecule has 1 saturated heterocycles. The van der Waals surface area contributed by atoms with Gasteiger partial charge in [0.2, 0.25) is 0 Å². The maximum Gasteiger partial charge on any atom is 0.180 e. The van der Waals surface area contributed by atoms with Gasteiger partial charge in [0.15, 0.2) is 18.4 Å². The number of fused-ring (bicyclic) bond motifs is 1. The molecule has 4 unspecified atom stereocenters. The number of aliphatic hydroxyl groups is 2. The first-order valence-electron chi connectivity index (χ1n) is 6.85. The second-order valence-corrected chi connectivity index (χ2v) is 5.25. The predicted molar refractivity (Wildman–Crippen MR) is 73.6 cm³/mol. The molecule has 0 saturated carbocycles. The minimum absolute atomic E-state index is 0.372. The standard InChI is InChI=1S/C14H14N4O4/c1-7-8-2-3-18(13(8)17-5-16-7)14-11(20)10(19)12(22-14)9-4-15-6-21-9/h2-6,10-12,14,19-20H,1H3. The number of hydrogen-bond acceptors (Lipinski definition) is 7. The second kappa shape index (κ2) is 4.87. The maximum atomic E-state index is 10.3. The van der Waals surface area contributed by atoms with Gasteiger partial charge in [-0.2, -0.15) is 0 Å². The smallest absolute Gasteiger partial charge is 0.180 e. The van der Waals surface area contributed by atoms with Crippen LogP contribution in [-0.4, -0.2) is 41.9 Å². The van der Waals surface area contributed by atoms with Crippen LogP contribution in [0.4, 0.5) is 0 Å². The first-order chi connectivity index (χ1) is 10.7. The van der Waals surface area contributed by atoms with Crippen LogP contribution in [0.3, 0.4) is 0 Å². The number of aryl methyl sites for hydroxylation is 1. The largest absolute Gasteiger partial charge is 0.446 e. The highest BCUT2D eigenvalue weighted by Gasteiger charge is 2.46. The van der Waals surface area contributed by atoms with E-state index in [1.807, 2.05) is 13.0 Å². The minimum Gasteiger partial charge on any atom is -0.446 e. The quantitative estimate of drug-likeness (QED) is 0.718. The summed E-state index contributed by atoms with van der Waals surface area (Å²) >= 11 is 0. The van der Waals surface area contributed by atoms with Gasteiger partial charge < -0.3 is 23.9 Å². The summed E-state index contributed by atoms with van der Waals surface area (Å²) in [5.41, 5.74) is 1.48. The molecule has 3 aromatic rings. The van der Waals surface area contributed by atoms with Gasteiger partial charge in [-0.1, -0.05) is 0 Å². The van der Waals surface area contributed by atoms with Crippen molar-refractivity contribution in [2.24, 2.45) is 0 Å². The average Bonchev–Trinajstić information content (AvgIpc) is 3.21. The van der Waals surface area contributed by atoms with Gasteiger partial charge in [-0.25, -0.2) is 15.0 Å². The van der Waals surface area contributed by atoms with Crippen LogP contribution in [0.25, 0.3) is 11.0 Å². The summed E-state index contributed by atoms with van der Waals surface area (Å²) < 4.78 is 12.6. The molecule has 4 rings (SSSR count). The highest BCUT2D eigenvalue weighted by molar-refractivity contribution is 5.78. The van der Waals surface area contributed by atoms with E-state index in [1.54, 1.807) is 10.8 Å². The van der Waals surface area contributed by atoms with E-state index in [9.17, 15) is 10.2 Å². The zero-order valence-electron chi connectivity index (χ0n) is 11.7. The van der Waals surface area contributed by atoms with E-state index in [4.69, 9.17) is 9.15 Å². The van der Waals surface area contributed by atoms with Gasteiger partial charge in [0.1, 0.15) is 30.3 Å². The lowest BCUT2D eigenvalue weighted by molar-refractivity contribution is -0.0416. The Hall–Kier alpha value is -2.29. The van der Waals surface area contributed by atoms with E-state index in [0.717, 1.165) is 11.1 Å². The Morgan fingerprint density at radius 3 is 2.86 bits per heavy atom. The van der Waals surface area contributed by atoms with Gasteiger partial charge in [-0.05, 0) is 13.0 Å². The Morgan fingerprint density at radius 2 is 2.09 bits per heavy atom. The van der Waals surface area contributed by atoms with Crippen LogP contribution in [-0.2, 0) is 4.74 Å². The van der Waals surface area contributed by atoms with E-state index in [0.29, 0.717) is 11.4 Å². The van der Waals surface area contributed by atoms with Crippen molar-refractivity contribution in [1.82, 2.24) is 19.5 Å². The van der Waals surface area contributed by atoms with Crippen molar-refractivity contribution in [2.75, 3.05) is 0 Å². The SMILES string of the molecule is Cc1ncnc2c1ccn2C1OC(c2cnco2)C(O)C1O. The highest BCUT2D eigenvalue weighted by Crippen LogP contribution is 2.39. The van der Waals surface area contributed by atoms with Crippen molar-refractivity contribution in [2.45, 2.75) is 31.5 Å². The molecule has 8 nitrogen and oxygen atoms in total. The zero-order chi connectivity index (χ0) is 15.3. The maximum absolute atomic E-state index is 10.3. The van der Waals surface area contributed by atoms with Gasteiger partial charge in [0.05, 0.1) is 11.9 Å². The fourth-order valence-electron chi connectivity index (χ4n) is 2.79. The Bertz CT molecular complexity index is 800. The number of oxazole rings is 1. The van der Waals surface area contributed by atoms with Crippen molar-refractivity contribution >= 4 is 11.0 Å². The number of ether oxygens (including phenoxy) is 1. The summed E-state index contributed by atoms with van der Waals surface area (Å²) in [6, 6.07) is 1.86. The Labute approximate surface area is 125 Å². The summed E-state index contributed by atoms with van der Waals surface area (Å²) in [6.07, 6.45) is 2.17. The highest BCUT2D eigenvalue weighted by atomic mass is 16.6. The number of hydrogen-bond donors (Lipinski definition) is 2. The molecule has 4 atom stereocenters. The van der Waals surface area contributed by atoms with Gasteiger partial charge >= 0.3 is 0 Å².